The van der Waals surface area contributed by atoms with E-state index in [1.54, 1.807) is 0 Å². The van der Waals surface area contributed by atoms with Crippen molar-refractivity contribution in [3.8, 4) is 0 Å². The summed E-state index contributed by atoms with van der Waals surface area (Å²) in [7, 11) is 0. The Hall–Kier alpha value is -1.18. The van der Waals surface area contributed by atoms with E-state index < -0.39 is 0 Å². The Kier molecular flexibility index (Phi) is 3.14. The Morgan fingerprint density at radius 3 is 2.33 bits per heavy atom. The maximum absolute atomic E-state index is 2.47. The van der Waals surface area contributed by atoms with Crippen LogP contribution in [0.1, 0.15) is 20.3 Å². The van der Waals surface area contributed by atoms with Gasteiger partial charge < -0.3 is 9.80 Å². The van der Waals surface area contributed by atoms with Crippen molar-refractivity contribution in [2.24, 2.45) is 0 Å². The van der Waals surface area contributed by atoms with Gasteiger partial charge in [0.15, 0.2) is 0 Å². The summed E-state index contributed by atoms with van der Waals surface area (Å²) in [4.78, 5) is 4.89. The Balaban J connectivity index is 2.27. The molecule has 1 saturated heterocycles. The number of rotatable bonds is 4. The number of nitrogens with zero attached hydrogens (tertiary/aromatic N) is 2. The topological polar surface area (TPSA) is 6.48 Å². The first kappa shape index (κ1) is 10.3. The van der Waals surface area contributed by atoms with Gasteiger partial charge in [-0.25, -0.2) is 0 Å². The lowest BCUT2D eigenvalue weighted by Crippen LogP contribution is -2.38. The molecule has 0 unspecified atom stereocenters. The van der Waals surface area contributed by atoms with Crippen LogP contribution in [0.5, 0.6) is 0 Å². The summed E-state index contributed by atoms with van der Waals surface area (Å²) in [6.07, 6.45) is 1.34. The second-order valence-electron chi connectivity index (χ2n) is 4.00. The summed E-state index contributed by atoms with van der Waals surface area (Å²) in [6.45, 7) is 9.05. The van der Waals surface area contributed by atoms with E-state index in [1.165, 1.54) is 30.9 Å². The molecule has 0 bridgehead atoms. The summed E-state index contributed by atoms with van der Waals surface area (Å²) < 4.78 is 0. The van der Waals surface area contributed by atoms with Crippen LogP contribution in [0, 0.1) is 0 Å². The molecule has 82 valence electrons. The highest BCUT2D eigenvalue weighted by Crippen LogP contribution is 2.31. The van der Waals surface area contributed by atoms with Gasteiger partial charge >= 0.3 is 0 Å². The van der Waals surface area contributed by atoms with Gasteiger partial charge in [-0.1, -0.05) is 12.1 Å². The predicted octanol–water partition coefficient (Wildman–Crippen LogP) is 2.74. The Morgan fingerprint density at radius 1 is 1.13 bits per heavy atom. The third-order valence-electron chi connectivity index (χ3n) is 3.18. The predicted molar refractivity (Wildman–Crippen MR) is 66.8 cm³/mol. The van der Waals surface area contributed by atoms with Crippen LogP contribution in [0.3, 0.4) is 0 Å². The van der Waals surface area contributed by atoms with Crippen molar-refractivity contribution < 1.29 is 0 Å². The fraction of sp³-hybridized carbons (Fsp3) is 0.538. The summed E-state index contributed by atoms with van der Waals surface area (Å²) in [5.74, 6) is 0. The normalized spacial score (nSPS) is 14.9. The summed E-state index contributed by atoms with van der Waals surface area (Å²) in [5.41, 5.74) is 2.80. The Bertz CT molecular complexity index is 314. The van der Waals surface area contributed by atoms with Gasteiger partial charge in [0.25, 0.3) is 0 Å². The van der Waals surface area contributed by atoms with Crippen molar-refractivity contribution in [1.29, 1.82) is 0 Å². The van der Waals surface area contributed by atoms with Crippen molar-refractivity contribution in [2.75, 3.05) is 36.0 Å². The lowest BCUT2D eigenvalue weighted by atomic mass is 10.1. The molecule has 15 heavy (non-hydrogen) atoms. The van der Waals surface area contributed by atoms with Gasteiger partial charge in [-0.15, -0.1) is 0 Å². The molecule has 2 heteroatoms. The molecule has 0 saturated carbocycles. The van der Waals surface area contributed by atoms with Crippen LogP contribution in [-0.4, -0.2) is 26.2 Å². The van der Waals surface area contributed by atoms with Crippen molar-refractivity contribution >= 4 is 11.4 Å². The minimum atomic E-state index is 1.08. The molecule has 0 amide bonds. The Morgan fingerprint density at radius 2 is 1.80 bits per heavy atom. The van der Waals surface area contributed by atoms with Crippen LogP contribution in [0.15, 0.2) is 24.3 Å². The quantitative estimate of drug-likeness (QED) is 0.744. The van der Waals surface area contributed by atoms with Crippen LogP contribution in [0.4, 0.5) is 11.4 Å². The van der Waals surface area contributed by atoms with Gasteiger partial charge in [0, 0.05) is 26.2 Å². The minimum Gasteiger partial charge on any atom is -0.370 e. The zero-order valence-corrected chi connectivity index (χ0v) is 9.74. The van der Waals surface area contributed by atoms with Gasteiger partial charge in [-0.05, 0) is 32.4 Å². The molecule has 1 aromatic carbocycles. The van der Waals surface area contributed by atoms with Crippen molar-refractivity contribution in [1.82, 2.24) is 0 Å². The van der Waals surface area contributed by atoms with Gasteiger partial charge in [0.1, 0.15) is 0 Å². The van der Waals surface area contributed by atoms with E-state index >= 15 is 0 Å². The zero-order valence-electron chi connectivity index (χ0n) is 9.74. The molecule has 0 atom stereocenters. The largest absolute Gasteiger partial charge is 0.370 e. The van der Waals surface area contributed by atoms with Gasteiger partial charge in [0.05, 0.1) is 11.4 Å². The molecular formula is C13H20N2. The number of hydrogen-bond acceptors (Lipinski definition) is 2. The molecule has 1 heterocycles. The van der Waals surface area contributed by atoms with E-state index in [-0.39, 0.29) is 0 Å². The van der Waals surface area contributed by atoms with Gasteiger partial charge in [-0.2, -0.15) is 0 Å². The molecule has 0 spiro atoms. The Labute approximate surface area is 92.5 Å². The number of anilines is 2. The first-order valence-corrected chi connectivity index (χ1v) is 5.95. The minimum absolute atomic E-state index is 1.08. The highest BCUT2D eigenvalue weighted by molar-refractivity contribution is 5.72. The lowest BCUT2D eigenvalue weighted by molar-refractivity contribution is 0.616. The van der Waals surface area contributed by atoms with E-state index in [4.69, 9.17) is 0 Å². The molecule has 1 aliphatic rings. The molecule has 1 fully saturated rings. The van der Waals surface area contributed by atoms with Crippen molar-refractivity contribution in [3.05, 3.63) is 24.3 Å². The fourth-order valence-corrected chi connectivity index (χ4v) is 2.12. The van der Waals surface area contributed by atoms with Gasteiger partial charge in [-0.3, -0.25) is 0 Å². The highest BCUT2D eigenvalue weighted by atomic mass is 15.2. The average molecular weight is 204 g/mol. The molecule has 0 aliphatic carbocycles. The van der Waals surface area contributed by atoms with Gasteiger partial charge in [0.2, 0.25) is 0 Å². The van der Waals surface area contributed by atoms with Crippen LogP contribution in [-0.2, 0) is 0 Å². The molecule has 1 aliphatic heterocycles. The van der Waals surface area contributed by atoms with Crippen molar-refractivity contribution in [3.63, 3.8) is 0 Å². The third kappa shape index (κ3) is 1.94. The first-order valence-electron chi connectivity index (χ1n) is 5.95. The molecular weight excluding hydrogens is 184 g/mol. The SMILES string of the molecule is CCN(CC)c1ccccc1N1CCC1. The van der Waals surface area contributed by atoms with E-state index in [9.17, 15) is 0 Å². The first-order chi connectivity index (χ1) is 7.36. The van der Waals surface area contributed by atoms with Crippen LogP contribution >= 0.6 is 0 Å². The molecule has 1 aromatic rings. The molecule has 2 nitrogen and oxygen atoms in total. The summed E-state index contributed by atoms with van der Waals surface area (Å²) in [6, 6.07) is 8.76. The smallest absolute Gasteiger partial charge is 0.0604 e. The monoisotopic (exact) mass is 204 g/mol. The van der Waals surface area contributed by atoms with Crippen LogP contribution in [0.2, 0.25) is 0 Å². The zero-order chi connectivity index (χ0) is 10.7. The molecule has 2 rings (SSSR count). The summed E-state index contributed by atoms with van der Waals surface area (Å²) >= 11 is 0. The van der Waals surface area contributed by atoms with E-state index in [0.29, 0.717) is 0 Å². The maximum Gasteiger partial charge on any atom is 0.0604 e. The number of para-hydroxylation sites is 2. The second-order valence-corrected chi connectivity index (χ2v) is 4.00. The van der Waals surface area contributed by atoms with E-state index in [1.807, 2.05) is 0 Å². The second kappa shape index (κ2) is 4.56. The molecule has 0 N–H and O–H groups in total. The maximum atomic E-state index is 2.47. The fourth-order valence-electron chi connectivity index (χ4n) is 2.12. The number of hydrogen-bond donors (Lipinski definition) is 0. The standard InChI is InChI=1S/C13H20N2/c1-3-14(4-2)12-8-5-6-9-13(12)15-10-7-11-15/h5-6,8-9H,3-4,7,10-11H2,1-2H3. The lowest BCUT2D eigenvalue weighted by Gasteiger charge is -2.37. The van der Waals surface area contributed by atoms with Crippen molar-refractivity contribution in [2.45, 2.75) is 20.3 Å². The summed E-state index contributed by atoms with van der Waals surface area (Å²) in [5, 5.41) is 0. The van der Waals surface area contributed by atoms with Crippen LogP contribution < -0.4 is 9.80 Å². The third-order valence-corrected chi connectivity index (χ3v) is 3.18. The molecule has 0 aromatic heterocycles. The highest BCUT2D eigenvalue weighted by Gasteiger charge is 2.18. The van der Waals surface area contributed by atoms with E-state index in [2.05, 4.69) is 47.9 Å². The van der Waals surface area contributed by atoms with Crippen LogP contribution in [0.25, 0.3) is 0 Å². The molecule has 0 radical (unpaired) electrons. The average Bonchev–Trinajstić information content (AvgIpc) is 2.20. The number of benzene rings is 1. The van der Waals surface area contributed by atoms with E-state index in [0.717, 1.165) is 13.1 Å².